The molecule has 0 aliphatic carbocycles. The molecule has 1 heterocycles. The zero-order valence-corrected chi connectivity index (χ0v) is 12.2. The second-order valence-electron chi connectivity index (χ2n) is 5.35. The van der Waals surface area contributed by atoms with E-state index in [0.29, 0.717) is 6.54 Å². The summed E-state index contributed by atoms with van der Waals surface area (Å²) in [6, 6.07) is 8.20. The minimum absolute atomic E-state index is 0.221. The number of nitrogens with zero attached hydrogens (tertiary/aromatic N) is 1. The summed E-state index contributed by atoms with van der Waals surface area (Å²) >= 11 is 0. The number of aryl methyl sites for hydroxylation is 1. The summed E-state index contributed by atoms with van der Waals surface area (Å²) in [5.74, 6) is 0.221. The maximum Gasteiger partial charge on any atom is 0.247 e. The Morgan fingerprint density at radius 1 is 1.32 bits per heavy atom. The lowest BCUT2D eigenvalue weighted by atomic mass is 9.92. The van der Waals surface area contributed by atoms with Gasteiger partial charge in [-0.3, -0.25) is 4.79 Å². The van der Waals surface area contributed by atoms with Gasteiger partial charge in [0.2, 0.25) is 5.91 Å². The quantitative estimate of drug-likeness (QED) is 0.903. The number of hydrogen-bond donors (Lipinski definition) is 1. The summed E-state index contributed by atoms with van der Waals surface area (Å²) < 4.78 is 0. The first-order valence-corrected chi connectivity index (χ1v) is 7.26. The van der Waals surface area contributed by atoms with E-state index in [1.165, 1.54) is 5.56 Å². The lowest BCUT2D eigenvalue weighted by molar-refractivity contribution is -0.124. The molecule has 1 aliphatic rings. The summed E-state index contributed by atoms with van der Waals surface area (Å²) in [7, 11) is 0. The SMILES string of the molecule is CCN(C(=O)C1(CC)CCCN1)c1ccc(C)cc1. The van der Waals surface area contributed by atoms with Crippen LogP contribution in [0, 0.1) is 6.92 Å². The molecule has 19 heavy (non-hydrogen) atoms. The fraction of sp³-hybridized carbons (Fsp3) is 0.562. The average Bonchev–Trinajstić information content (AvgIpc) is 2.91. The molecule has 1 aromatic rings. The van der Waals surface area contributed by atoms with Gasteiger partial charge in [0.1, 0.15) is 0 Å². The molecule has 1 aromatic carbocycles. The second-order valence-corrected chi connectivity index (χ2v) is 5.35. The van der Waals surface area contributed by atoms with Crippen molar-refractivity contribution in [1.29, 1.82) is 0 Å². The minimum atomic E-state index is -0.346. The number of rotatable bonds is 4. The number of carbonyl (C=O) groups excluding carboxylic acids is 1. The maximum atomic E-state index is 12.9. The minimum Gasteiger partial charge on any atom is -0.311 e. The van der Waals surface area contributed by atoms with Crippen molar-refractivity contribution in [2.45, 2.75) is 45.6 Å². The van der Waals surface area contributed by atoms with Crippen LogP contribution >= 0.6 is 0 Å². The van der Waals surface area contributed by atoms with Gasteiger partial charge in [0, 0.05) is 12.2 Å². The van der Waals surface area contributed by atoms with Crippen LogP contribution in [-0.4, -0.2) is 24.5 Å². The second kappa shape index (κ2) is 5.74. The van der Waals surface area contributed by atoms with Crippen LogP contribution in [0.1, 0.15) is 38.7 Å². The van der Waals surface area contributed by atoms with Gasteiger partial charge in [-0.25, -0.2) is 0 Å². The van der Waals surface area contributed by atoms with Gasteiger partial charge in [-0.2, -0.15) is 0 Å². The molecule has 1 aliphatic heterocycles. The first-order chi connectivity index (χ1) is 9.13. The highest BCUT2D eigenvalue weighted by Gasteiger charge is 2.41. The zero-order valence-electron chi connectivity index (χ0n) is 12.2. The van der Waals surface area contributed by atoms with Crippen LogP contribution in [0.2, 0.25) is 0 Å². The Morgan fingerprint density at radius 2 is 2.00 bits per heavy atom. The van der Waals surface area contributed by atoms with E-state index in [-0.39, 0.29) is 11.4 Å². The van der Waals surface area contributed by atoms with E-state index in [0.717, 1.165) is 31.5 Å². The van der Waals surface area contributed by atoms with E-state index < -0.39 is 0 Å². The Hall–Kier alpha value is -1.35. The lowest BCUT2D eigenvalue weighted by Crippen LogP contribution is -2.54. The maximum absolute atomic E-state index is 12.9. The normalized spacial score (nSPS) is 22.5. The van der Waals surface area contributed by atoms with Crippen molar-refractivity contribution in [2.24, 2.45) is 0 Å². The highest BCUT2D eigenvalue weighted by atomic mass is 16.2. The van der Waals surface area contributed by atoms with E-state index in [1.54, 1.807) is 0 Å². The molecule has 0 spiro atoms. The van der Waals surface area contributed by atoms with Crippen LogP contribution in [0.4, 0.5) is 5.69 Å². The van der Waals surface area contributed by atoms with Crippen molar-refractivity contribution < 1.29 is 4.79 Å². The third kappa shape index (κ3) is 2.66. The molecule has 1 amide bonds. The number of amides is 1. The van der Waals surface area contributed by atoms with E-state index in [4.69, 9.17) is 0 Å². The molecule has 1 atom stereocenters. The first kappa shape index (κ1) is 14.1. The third-order valence-electron chi connectivity index (χ3n) is 4.16. The molecule has 2 rings (SSSR count). The molecule has 0 radical (unpaired) electrons. The standard InChI is InChI=1S/C16H24N2O/c1-4-16(11-6-12-17-16)15(19)18(5-2)14-9-7-13(3)8-10-14/h7-10,17H,4-6,11-12H2,1-3H3. The number of nitrogens with one attached hydrogen (secondary N) is 1. The third-order valence-corrected chi connectivity index (χ3v) is 4.16. The Balaban J connectivity index is 2.26. The van der Waals surface area contributed by atoms with Gasteiger partial charge in [0.05, 0.1) is 5.54 Å². The molecule has 3 heteroatoms. The number of carbonyl (C=O) groups is 1. The largest absolute Gasteiger partial charge is 0.311 e. The van der Waals surface area contributed by atoms with Gasteiger partial charge < -0.3 is 10.2 Å². The van der Waals surface area contributed by atoms with Crippen molar-refractivity contribution in [3.05, 3.63) is 29.8 Å². The molecule has 1 N–H and O–H groups in total. The molecule has 1 fully saturated rings. The van der Waals surface area contributed by atoms with Gasteiger partial charge in [0.25, 0.3) is 0 Å². The first-order valence-electron chi connectivity index (χ1n) is 7.26. The van der Waals surface area contributed by atoms with Crippen molar-refractivity contribution in [3.63, 3.8) is 0 Å². The fourth-order valence-corrected chi connectivity index (χ4v) is 2.87. The van der Waals surface area contributed by atoms with E-state index in [1.807, 2.05) is 24.0 Å². The van der Waals surface area contributed by atoms with Crippen LogP contribution in [0.25, 0.3) is 0 Å². The summed E-state index contributed by atoms with van der Waals surface area (Å²) in [6.45, 7) is 7.86. The summed E-state index contributed by atoms with van der Waals surface area (Å²) in [5, 5.41) is 3.42. The topological polar surface area (TPSA) is 32.3 Å². The van der Waals surface area contributed by atoms with Gasteiger partial charge in [-0.05, 0) is 51.8 Å². The Bertz CT molecular complexity index is 433. The van der Waals surface area contributed by atoms with Gasteiger partial charge in [0.15, 0.2) is 0 Å². The molecule has 104 valence electrons. The Kier molecular flexibility index (Phi) is 4.25. The van der Waals surface area contributed by atoms with Gasteiger partial charge in [-0.15, -0.1) is 0 Å². The highest BCUT2D eigenvalue weighted by Crippen LogP contribution is 2.28. The average molecular weight is 260 g/mol. The molecular weight excluding hydrogens is 236 g/mol. The lowest BCUT2D eigenvalue weighted by Gasteiger charge is -2.33. The predicted molar refractivity (Wildman–Crippen MR) is 79.5 cm³/mol. The highest BCUT2D eigenvalue weighted by molar-refractivity contribution is 6.00. The van der Waals surface area contributed by atoms with Crippen LogP contribution in [0.3, 0.4) is 0 Å². The van der Waals surface area contributed by atoms with E-state index in [2.05, 4.69) is 31.3 Å². The van der Waals surface area contributed by atoms with Crippen molar-refractivity contribution in [1.82, 2.24) is 5.32 Å². The molecule has 0 aromatic heterocycles. The fourth-order valence-electron chi connectivity index (χ4n) is 2.87. The molecule has 0 bridgehead atoms. The zero-order chi connectivity index (χ0) is 13.9. The van der Waals surface area contributed by atoms with Crippen molar-refractivity contribution in [3.8, 4) is 0 Å². The number of likely N-dealkylation sites (N-methyl/N-ethyl adjacent to an activating group) is 1. The van der Waals surface area contributed by atoms with Crippen LogP contribution < -0.4 is 10.2 Å². The number of anilines is 1. The van der Waals surface area contributed by atoms with Crippen molar-refractivity contribution >= 4 is 11.6 Å². The number of benzene rings is 1. The molecular formula is C16H24N2O. The molecule has 3 nitrogen and oxygen atoms in total. The predicted octanol–water partition coefficient (Wildman–Crippen LogP) is 2.88. The summed E-state index contributed by atoms with van der Waals surface area (Å²) in [6.07, 6.45) is 2.89. The van der Waals surface area contributed by atoms with Crippen molar-refractivity contribution in [2.75, 3.05) is 18.0 Å². The van der Waals surface area contributed by atoms with E-state index in [9.17, 15) is 4.79 Å². The molecule has 0 saturated carbocycles. The summed E-state index contributed by atoms with van der Waals surface area (Å²) in [4.78, 5) is 14.8. The summed E-state index contributed by atoms with van der Waals surface area (Å²) in [5.41, 5.74) is 1.87. The van der Waals surface area contributed by atoms with Crippen LogP contribution in [0.15, 0.2) is 24.3 Å². The Morgan fingerprint density at radius 3 is 2.47 bits per heavy atom. The van der Waals surface area contributed by atoms with E-state index >= 15 is 0 Å². The smallest absolute Gasteiger partial charge is 0.247 e. The van der Waals surface area contributed by atoms with Crippen LogP contribution in [-0.2, 0) is 4.79 Å². The van der Waals surface area contributed by atoms with Crippen LogP contribution in [0.5, 0.6) is 0 Å². The molecule has 1 unspecified atom stereocenters. The monoisotopic (exact) mass is 260 g/mol. The molecule has 1 saturated heterocycles. The number of hydrogen-bond acceptors (Lipinski definition) is 2. The van der Waals surface area contributed by atoms with Gasteiger partial charge >= 0.3 is 0 Å². The van der Waals surface area contributed by atoms with Gasteiger partial charge in [-0.1, -0.05) is 24.6 Å². The Labute approximate surface area is 116 Å².